The molecule has 3 nitrogen and oxygen atoms in total. The van der Waals surface area contributed by atoms with Gasteiger partial charge in [-0.25, -0.2) is 0 Å². The van der Waals surface area contributed by atoms with Gasteiger partial charge in [-0.2, -0.15) is 11.8 Å². The van der Waals surface area contributed by atoms with Crippen LogP contribution in [0, 0.1) is 0 Å². The summed E-state index contributed by atoms with van der Waals surface area (Å²) in [5.74, 6) is 1.80. The van der Waals surface area contributed by atoms with Crippen LogP contribution < -0.4 is 11.1 Å². The van der Waals surface area contributed by atoms with Crippen LogP contribution in [0.4, 0.5) is 5.69 Å². The molecule has 0 spiro atoms. The quantitative estimate of drug-likeness (QED) is 0.751. The third-order valence-corrected chi connectivity index (χ3v) is 3.53. The maximum atomic E-state index is 11.0. The number of primary amides is 1. The van der Waals surface area contributed by atoms with E-state index in [1.807, 2.05) is 17.8 Å². The fraction of sp³-hybridized carbons (Fsp3) is 0.417. The summed E-state index contributed by atoms with van der Waals surface area (Å²) < 4.78 is 0. The van der Waals surface area contributed by atoms with Crippen LogP contribution in [0.25, 0.3) is 0 Å². The number of nitrogens with two attached hydrogens (primary N) is 1. The van der Waals surface area contributed by atoms with E-state index in [0.717, 1.165) is 30.2 Å². The van der Waals surface area contributed by atoms with E-state index in [-0.39, 0.29) is 0 Å². The molecule has 0 heterocycles. The summed E-state index contributed by atoms with van der Waals surface area (Å²) in [4.78, 5) is 11.0. The lowest BCUT2D eigenvalue weighted by molar-refractivity contribution is 0.100. The zero-order valence-corrected chi connectivity index (χ0v) is 11.4. The highest BCUT2D eigenvalue weighted by Gasteiger charge is 2.06. The van der Waals surface area contributed by atoms with Crippen molar-refractivity contribution in [2.75, 3.05) is 23.4 Å². The van der Waals surface area contributed by atoms with Gasteiger partial charge in [0.1, 0.15) is 0 Å². The van der Waals surface area contributed by atoms with Gasteiger partial charge in [-0.1, -0.05) is 18.5 Å². The van der Waals surface area contributed by atoms with Gasteiger partial charge in [-0.05, 0) is 36.1 Å². The second kappa shape index (κ2) is 7.45. The molecule has 0 aromatic heterocycles. The minimum atomic E-state index is -0.499. The van der Waals surface area contributed by atoms with Crippen LogP contribution in [-0.2, 0) is 0 Å². The molecule has 17 heavy (non-hydrogen) atoms. The molecule has 0 aliphatic carbocycles. The molecule has 0 atom stereocenters. The molecule has 0 unspecified atom stereocenters. The molecule has 94 valence electrons. The van der Waals surface area contributed by atoms with Crippen molar-refractivity contribution in [3.8, 4) is 0 Å². The fourth-order valence-corrected chi connectivity index (χ4v) is 2.29. The van der Waals surface area contributed by atoms with Crippen molar-refractivity contribution in [1.29, 1.82) is 0 Å². The molecule has 0 aliphatic heterocycles. The number of rotatable bonds is 7. The highest BCUT2D eigenvalue weighted by Crippen LogP contribution is 2.20. The second-order valence-electron chi connectivity index (χ2n) is 3.54. The van der Waals surface area contributed by atoms with E-state index in [1.165, 1.54) is 0 Å². The first kappa shape index (κ1) is 14.2. The zero-order chi connectivity index (χ0) is 12.7. The van der Waals surface area contributed by atoms with Gasteiger partial charge in [0.2, 0.25) is 5.91 Å². The van der Waals surface area contributed by atoms with Crippen molar-refractivity contribution in [1.82, 2.24) is 0 Å². The van der Waals surface area contributed by atoms with Gasteiger partial charge in [0.15, 0.2) is 0 Å². The lowest BCUT2D eigenvalue weighted by Crippen LogP contribution is -2.12. The van der Waals surface area contributed by atoms with E-state index in [0.29, 0.717) is 10.6 Å². The number of hydrogen-bond acceptors (Lipinski definition) is 3. The zero-order valence-electron chi connectivity index (χ0n) is 9.83. The highest BCUT2D eigenvalue weighted by molar-refractivity contribution is 7.99. The Balaban J connectivity index is 2.45. The molecule has 0 saturated heterocycles. The average molecular weight is 273 g/mol. The van der Waals surface area contributed by atoms with E-state index in [1.54, 1.807) is 12.1 Å². The average Bonchev–Trinajstić information content (AvgIpc) is 2.28. The van der Waals surface area contributed by atoms with E-state index in [4.69, 9.17) is 17.3 Å². The predicted molar refractivity (Wildman–Crippen MR) is 76.1 cm³/mol. The van der Waals surface area contributed by atoms with Gasteiger partial charge in [0, 0.05) is 12.2 Å². The van der Waals surface area contributed by atoms with E-state index in [2.05, 4.69) is 12.2 Å². The number of thioether (sulfide) groups is 1. The van der Waals surface area contributed by atoms with Gasteiger partial charge in [-0.15, -0.1) is 0 Å². The van der Waals surface area contributed by atoms with Crippen molar-refractivity contribution in [3.05, 3.63) is 28.8 Å². The van der Waals surface area contributed by atoms with Gasteiger partial charge in [0.25, 0.3) is 0 Å². The first-order valence-corrected chi connectivity index (χ1v) is 7.09. The van der Waals surface area contributed by atoms with Crippen molar-refractivity contribution < 1.29 is 4.79 Å². The SMILES string of the molecule is CCSCCCNc1ccc(C(N)=O)c(Cl)c1. The molecular formula is C12H17ClN2OS. The molecule has 1 aromatic rings. The maximum absolute atomic E-state index is 11.0. The maximum Gasteiger partial charge on any atom is 0.250 e. The number of nitrogens with one attached hydrogen (secondary N) is 1. The van der Waals surface area contributed by atoms with Crippen LogP contribution in [0.15, 0.2) is 18.2 Å². The van der Waals surface area contributed by atoms with Gasteiger partial charge >= 0.3 is 0 Å². The van der Waals surface area contributed by atoms with Crippen molar-refractivity contribution in [2.45, 2.75) is 13.3 Å². The highest BCUT2D eigenvalue weighted by atomic mass is 35.5. The van der Waals surface area contributed by atoms with Crippen LogP contribution >= 0.6 is 23.4 Å². The number of carbonyl (C=O) groups is 1. The molecule has 0 radical (unpaired) electrons. The van der Waals surface area contributed by atoms with Crippen molar-refractivity contribution >= 4 is 35.0 Å². The molecule has 1 rings (SSSR count). The molecule has 1 amide bonds. The molecule has 5 heteroatoms. The van der Waals surface area contributed by atoms with E-state index < -0.39 is 5.91 Å². The lowest BCUT2D eigenvalue weighted by atomic mass is 10.2. The third kappa shape index (κ3) is 4.88. The summed E-state index contributed by atoms with van der Waals surface area (Å²) in [6.07, 6.45) is 1.10. The Labute approximate surface area is 111 Å². The summed E-state index contributed by atoms with van der Waals surface area (Å²) in [6, 6.07) is 5.20. The number of carbonyl (C=O) groups excluding carboxylic acids is 1. The normalized spacial score (nSPS) is 10.2. The Morgan fingerprint density at radius 3 is 2.88 bits per heavy atom. The number of halogens is 1. The molecule has 0 aliphatic rings. The topological polar surface area (TPSA) is 55.1 Å². The Bertz CT molecular complexity index is 385. The van der Waals surface area contributed by atoms with Crippen LogP contribution in [0.1, 0.15) is 23.7 Å². The second-order valence-corrected chi connectivity index (χ2v) is 5.34. The Hall–Kier alpha value is -0.870. The van der Waals surface area contributed by atoms with E-state index in [9.17, 15) is 4.79 Å². The summed E-state index contributed by atoms with van der Waals surface area (Å²) in [5.41, 5.74) is 6.45. The molecule has 0 bridgehead atoms. The fourth-order valence-electron chi connectivity index (χ4n) is 1.38. The monoisotopic (exact) mass is 272 g/mol. The Morgan fingerprint density at radius 1 is 1.53 bits per heavy atom. The molecule has 1 aromatic carbocycles. The van der Waals surface area contributed by atoms with E-state index >= 15 is 0 Å². The lowest BCUT2D eigenvalue weighted by Gasteiger charge is -2.07. The standard InChI is InChI=1S/C12H17ClN2OS/c1-2-17-7-3-6-15-9-4-5-10(12(14)16)11(13)8-9/h4-5,8,15H,2-3,6-7H2,1H3,(H2,14,16). The minimum Gasteiger partial charge on any atom is -0.385 e. The summed E-state index contributed by atoms with van der Waals surface area (Å²) in [7, 11) is 0. The van der Waals surface area contributed by atoms with Crippen LogP contribution in [0.3, 0.4) is 0 Å². The van der Waals surface area contributed by atoms with Gasteiger partial charge < -0.3 is 11.1 Å². The number of benzene rings is 1. The molecule has 0 fully saturated rings. The van der Waals surface area contributed by atoms with Crippen LogP contribution in [0.5, 0.6) is 0 Å². The third-order valence-electron chi connectivity index (χ3n) is 2.23. The van der Waals surface area contributed by atoms with Crippen molar-refractivity contribution in [3.63, 3.8) is 0 Å². The smallest absolute Gasteiger partial charge is 0.250 e. The Kier molecular flexibility index (Phi) is 6.22. The van der Waals surface area contributed by atoms with Crippen molar-refractivity contribution in [2.24, 2.45) is 5.73 Å². The summed E-state index contributed by atoms with van der Waals surface area (Å²) in [5, 5.41) is 3.65. The summed E-state index contributed by atoms with van der Waals surface area (Å²) >= 11 is 7.87. The van der Waals surface area contributed by atoms with Crippen LogP contribution in [0.2, 0.25) is 5.02 Å². The van der Waals surface area contributed by atoms with Gasteiger partial charge in [-0.3, -0.25) is 4.79 Å². The molecular weight excluding hydrogens is 256 g/mol. The predicted octanol–water partition coefficient (Wildman–Crippen LogP) is 2.99. The largest absolute Gasteiger partial charge is 0.385 e. The number of anilines is 1. The summed E-state index contributed by atoms with van der Waals surface area (Å²) in [6.45, 7) is 3.06. The number of hydrogen-bond donors (Lipinski definition) is 2. The van der Waals surface area contributed by atoms with Gasteiger partial charge in [0.05, 0.1) is 10.6 Å². The first-order chi connectivity index (χ1) is 8.15. The first-order valence-electron chi connectivity index (χ1n) is 5.56. The van der Waals surface area contributed by atoms with Crippen LogP contribution in [-0.4, -0.2) is 24.0 Å². The minimum absolute atomic E-state index is 0.360. The molecule has 0 saturated carbocycles. The Morgan fingerprint density at radius 2 is 2.29 bits per heavy atom. The molecule has 3 N–H and O–H groups in total. The number of amides is 1.